The molecule has 2 aromatic rings. The Morgan fingerprint density at radius 2 is 2.12 bits per heavy atom. The van der Waals surface area contributed by atoms with E-state index in [0.29, 0.717) is 5.69 Å². The average Bonchev–Trinajstić information content (AvgIpc) is 2.73. The third-order valence-corrected chi connectivity index (χ3v) is 2.19. The number of carbonyl (C=O) groups is 1. The summed E-state index contributed by atoms with van der Waals surface area (Å²) in [5.41, 5.74) is 0.428. The summed E-state index contributed by atoms with van der Waals surface area (Å²) in [6.07, 6.45) is 0.999. The Labute approximate surface area is 97.6 Å². The molecule has 1 aromatic carbocycles. The van der Waals surface area contributed by atoms with Crippen molar-refractivity contribution in [2.75, 3.05) is 6.61 Å². The predicted octanol–water partition coefficient (Wildman–Crippen LogP) is 2.19. The zero-order valence-electron chi connectivity index (χ0n) is 9.26. The van der Waals surface area contributed by atoms with Crippen molar-refractivity contribution in [1.82, 2.24) is 9.78 Å². The van der Waals surface area contributed by atoms with Gasteiger partial charge in [-0.15, -0.1) is 0 Å². The number of benzene rings is 1. The van der Waals surface area contributed by atoms with Gasteiger partial charge >= 0.3 is 5.97 Å². The zero-order chi connectivity index (χ0) is 12.3. The third-order valence-electron chi connectivity index (χ3n) is 2.19. The molecule has 0 bridgehead atoms. The van der Waals surface area contributed by atoms with Crippen LogP contribution in [0.5, 0.6) is 0 Å². The minimum absolute atomic E-state index is 0.182. The molecule has 1 aromatic heterocycles. The van der Waals surface area contributed by atoms with Gasteiger partial charge in [0.1, 0.15) is 0 Å². The van der Waals surface area contributed by atoms with Gasteiger partial charge in [-0.2, -0.15) is 5.10 Å². The van der Waals surface area contributed by atoms with E-state index in [1.807, 2.05) is 6.07 Å². The van der Waals surface area contributed by atoms with E-state index in [9.17, 15) is 9.18 Å². The van der Waals surface area contributed by atoms with E-state index in [2.05, 4.69) is 5.10 Å². The summed E-state index contributed by atoms with van der Waals surface area (Å²) in [6, 6.07) is 8.85. The summed E-state index contributed by atoms with van der Waals surface area (Å²) in [5.74, 6) is -1.40. The van der Waals surface area contributed by atoms with Gasteiger partial charge < -0.3 is 4.74 Å². The van der Waals surface area contributed by atoms with E-state index >= 15 is 0 Å². The summed E-state index contributed by atoms with van der Waals surface area (Å²) < 4.78 is 19.5. The first kappa shape index (κ1) is 11.3. The van der Waals surface area contributed by atoms with Gasteiger partial charge in [-0.25, -0.2) is 13.9 Å². The lowest BCUT2D eigenvalue weighted by Gasteiger charge is -2.06. The lowest BCUT2D eigenvalue weighted by Crippen LogP contribution is -2.13. The fraction of sp³-hybridized carbons (Fsp3) is 0.167. The molecule has 0 spiro atoms. The largest absolute Gasteiger partial charge is 0.461 e. The maximum Gasteiger partial charge on any atom is 0.360 e. The number of aromatic nitrogens is 2. The van der Waals surface area contributed by atoms with Gasteiger partial charge in [-0.1, -0.05) is 18.2 Å². The summed E-state index contributed by atoms with van der Waals surface area (Å²) in [6.45, 7) is 1.86. The van der Waals surface area contributed by atoms with Crippen LogP contribution in [0.3, 0.4) is 0 Å². The zero-order valence-corrected chi connectivity index (χ0v) is 9.26. The number of halogens is 1. The lowest BCUT2D eigenvalue weighted by molar-refractivity contribution is 0.0510. The van der Waals surface area contributed by atoms with Crippen molar-refractivity contribution in [2.45, 2.75) is 6.92 Å². The Balaban J connectivity index is 2.46. The molecule has 0 N–H and O–H groups in total. The SMILES string of the molecule is CCOC(=O)c1c(F)cnn1-c1ccccc1. The second kappa shape index (κ2) is 4.78. The number of esters is 1. The predicted molar refractivity (Wildman–Crippen MR) is 59.5 cm³/mol. The van der Waals surface area contributed by atoms with Crippen molar-refractivity contribution >= 4 is 5.97 Å². The van der Waals surface area contributed by atoms with Crippen molar-refractivity contribution < 1.29 is 13.9 Å². The quantitative estimate of drug-likeness (QED) is 0.764. The van der Waals surface area contributed by atoms with Crippen molar-refractivity contribution in [3.63, 3.8) is 0 Å². The number of nitrogens with zero attached hydrogens (tertiary/aromatic N) is 2. The van der Waals surface area contributed by atoms with Gasteiger partial charge in [0.05, 0.1) is 18.5 Å². The fourth-order valence-corrected chi connectivity index (χ4v) is 1.48. The van der Waals surface area contributed by atoms with Crippen LogP contribution in [0.1, 0.15) is 17.4 Å². The summed E-state index contributed by atoms with van der Waals surface area (Å²) in [4.78, 5) is 11.6. The number of hydrogen-bond donors (Lipinski definition) is 0. The molecule has 0 aliphatic rings. The molecule has 2 rings (SSSR count). The highest BCUT2D eigenvalue weighted by Gasteiger charge is 2.20. The highest BCUT2D eigenvalue weighted by atomic mass is 19.1. The van der Waals surface area contributed by atoms with E-state index in [1.54, 1.807) is 31.2 Å². The highest BCUT2D eigenvalue weighted by molar-refractivity contribution is 5.88. The Hall–Kier alpha value is -2.17. The van der Waals surface area contributed by atoms with Crippen LogP contribution in [0.15, 0.2) is 36.5 Å². The molecule has 5 heteroatoms. The number of ether oxygens (including phenoxy) is 1. The van der Waals surface area contributed by atoms with Gasteiger partial charge in [-0.3, -0.25) is 0 Å². The lowest BCUT2D eigenvalue weighted by atomic mass is 10.3. The third kappa shape index (κ3) is 2.18. The molecule has 17 heavy (non-hydrogen) atoms. The summed E-state index contributed by atoms with van der Waals surface area (Å²) in [7, 11) is 0. The van der Waals surface area contributed by atoms with Crippen LogP contribution < -0.4 is 0 Å². The number of rotatable bonds is 3. The molecule has 0 saturated heterocycles. The Morgan fingerprint density at radius 3 is 2.76 bits per heavy atom. The Bertz CT molecular complexity index is 523. The molecule has 0 unspecified atom stereocenters. The van der Waals surface area contributed by atoms with Crippen LogP contribution >= 0.6 is 0 Å². The molecule has 0 atom stereocenters. The van der Waals surface area contributed by atoms with Crippen LogP contribution in [-0.4, -0.2) is 22.4 Å². The Kier molecular flexibility index (Phi) is 3.18. The molecular weight excluding hydrogens is 223 g/mol. The molecular formula is C12H11FN2O2. The monoisotopic (exact) mass is 234 g/mol. The maximum atomic E-state index is 13.5. The second-order valence-corrected chi connectivity index (χ2v) is 3.31. The first-order valence-electron chi connectivity index (χ1n) is 5.20. The van der Waals surface area contributed by atoms with Crippen molar-refractivity contribution in [3.05, 3.63) is 48.0 Å². The standard InChI is InChI=1S/C12H11FN2O2/c1-2-17-12(16)11-10(13)8-14-15(11)9-6-4-3-5-7-9/h3-8H,2H2,1H3. The first-order chi connectivity index (χ1) is 8.24. The molecule has 1 heterocycles. The molecule has 0 fully saturated rings. The van der Waals surface area contributed by atoms with Crippen molar-refractivity contribution in [2.24, 2.45) is 0 Å². The summed E-state index contributed by atoms with van der Waals surface area (Å²) in [5, 5.41) is 3.83. The van der Waals surface area contributed by atoms with Crippen LogP contribution in [0.4, 0.5) is 4.39 Å². The van der Waals surface area contributed by atoms with Crippen molar-refractivity contribution in [3.8, 4) is 5.69 Å². The number of hydrogen-bond acceptors (Lipinski definition) is 3. The number of para-hydroxylation sites is 1. The minimum Gasteiger partial charge on any atom is -0.461 e. The van der Waals surface area contributed by atoms with Crippen LogP contribution in [0.2, 0.25) is 0 Å². The molecule has 0 aliphatic carbocycles. The van der Waals surface area contributed by atoms with E-state index in [1.165, 1.54) is 4.68 Å². The topological polar surface area (TPSA) is 44.1 Å². The van der Waals surface area contributed by atoms with Gasteiger partial charge in [0.15, 0.2) is 11.5 Å². The van der Waals surface area contributed by atoms with Crippen LogP contribution in [-0.2, 0) is 4.74 Å². The van der Waals surface area contributed by atoms with Gasteiger partial charge in [0.25, 0.3) is 0 Å². The highest BCUT2D eigenvalue weighted by Crippen LogP contribution is 2.14. The molecule has 0 saturated carbocycles. The van der Waals surface area contributed by atoms with Gasteiger partial charge in [0, 0.05) is 0 Å². The molecule has 88 valence electrons. The second-order valence-electron chi connectivity index (χ2n) is 3.31. The normalized spacial score (nSPS) is 10.2. The minimum atomic E-state index is -0.716. The smallest absolute Gasteiger partial charge is 0.360 e. The van der Waals surface area contributed by atoms with Crippen LogP contribution in [0.25, 0.3) is 5.69 Å². The van der Waals surface area contributed by atoms with Gasteiger partial charge in [-0.05, 0) is 19.1 Å². The number of carbonyl (C=O) groups excluding carboxylic acids is 1. The van der Waals surface area contributed by atoms with Gasteiger partial charge in [0.2, 0.25) is 0 Å². The van der Waals surface area contributed by atoms with E-state index < -0.39 is 11.8 Å². The van der Waals surface area contributed by atoms with E-state index in [0.717, 1.165) is 6.20 Å². The molecule has 0 radical (unpaired) electrons. The van der Waals surface area contributed by atoms with E-state index in [-0.39, 0.29) is 12.3 Å². The Morgan fingerprint density at radius 1 is 1.41 bits per heavy atom. The van der Waals surface area contributed by atoms with E-state index in [4.69, 9.17) is 4.74 Å². The van der Waals surface area contributed by atoms with Crippen LogP contribution in [0, 0.1) is 5.82 Å². The average molecular weight is 234 g/mol. The first-order valence-corrected chi connectivity index (χ1v) is 5.20. The summed E-state index contributed by atoms with van der Waals surface area (Å²) >= 11 is 0. The van der Waals surface area contributed by atoms with Crippen molar-refractivity contribution in [1.29, 1.82) is 0 Å². The molecule has 0 amide bonds. The molecule has 4 nitrogen and oxygen atoms in total. The maximum absolute atomic E-state index is 13.5. The fourth-order valence-electron chi connectivity index (χ4n) is 1.48. The molecule has 0 aliphatic heterocycles.